The van der Waals surface area contributed by atoms with E-state index in [1.54, 1.807) is 19.2 Å². The third-order valence-corrected chi connectivity index (χ3v) is 5.40. The van der Waals surface area contributed by atoms with Gasteiger partial charge in [0.15, 0.2) is 0 Å². The molecule has 0 radical (unpaired) electrons. The zero-order valence-electron chi connectivity index (χ0n) is 14.5. The molecule has 132 valence electrons. The molecule has 1 aliphatic heterocycles. The first-order valence-electron chi connectivity index (χ1n) is 9.04. The fraction of sp³-hybridized carbons (Fsp3) is 0.632. The minimum absolute atomic E-state index is 0.0617. The van der Waals surface area contributed by atoms with Crippen LogP contribution in [0, 0.1) is 5.92 Å². The van der Waals surface area contributed by atoms with Gasteiger partial charge in [-0.25, -0.2) is 0 Å². The Morgan fingerprint density at radius 2 is 2.08 bits per heavy atom. The van der Waals surface area contributed by atoms with Gasteiger partial charge in [0.1, 0.15) is 5.75 Å². The van der Waals surface area contributed by atoms with Gasteiger partial charge in [-0.3, -0.25) is 9.69 Å². The first-order valence-corrected chi connectivity index (χ1v) is 9.04. The fourth-order valence-electron chi connectivity index (χ4n) is 4.00. The van der Waals surface area contributed by atoms with E-state index in [9.17, 15) is 9.90 Å². The summed E-state index contributed by atoms with van der Waals surface area (Å²) in [4.78, 5) is 15.1. The van der Waals surface area contributed by atoms with E-state index >= 15 is 0 Å². The highest BCUT2D eigenvalue weighted by Crippen LogP contribution is 2.29. The number of hydrogen-bond donors (Lipinski definition) is 2. The smallest absolute Gasteiger partial charge is 0.228 e. The van der Waals surface area contributed by atoms with Crippen LogP contribution in [0.1, 0.15) is 44.1 Å². The van der Waals surface area contributed by atoms with Gasteiger partial charge in [0.2, 0.25) is 5.91 Å². The molecule has 2 aliphatic rings. The Morgan fingerprint density at radius 1 is 1.29 bits per heavy atom. The van der Waals surface area contributed by atoms with Gasteiger partial charge in [-0.05, 0) is 44.0 Å². The number of carbonyl (C=O) groups excluding carboxylic acids is 1. The average Bonchev–Trinajstić information content (AvgIpc) is 3.12. The number of benzene rings is 1. The van der Waals surface area contributed by atoms with Gasteiger partial charge in [-0.1, -0.05) is 19.3 Å². The number of nitrogens with zero attached hydrogens (tertiary/aromatic N) is 1. The van der Waals surface area contributed by atoms with Gasteiger partial charge in [0.05, 0.1) is 19.6 Å². The summed E-state index contributed by atoms with van der Waals surface area (Å²) in [6.07, 6.45) is 7.52. The molecule has 2 fully saturated rings. The largest absolute Gasteiger partial charge is 0.496 e. The number of anilines is 1. The van der Waals surface area contributed by atoms with Crippen LogP contribution < -0.4 is 10.1 Å². The first-order chi connectivity index (χ1) is 11.7. The third kappa shape index (κ3) is 3.90. The number of ether oxygens (including phenoxy) is 1. The second kappa shape index (κ2) is 7.99. The molecule has 1 saturated heterocycles. The lowest BCUT2D eigenvalue weighted by atomic mass is 9.94. The molecule has 5 heteroatoms. The molecule has 1 heterocycles. The zero-order chi connectivity index (χ0) is 16.9. The van der Waals surface area contributed by atoms with E-state index in [0.29, 0.717) is 17.4 Å². The molecule has 24 heavy (non-hydrogen) atoms. The lowest BCUT2D eigenvalue weighted by molar-refractivity contribution is -0.119. The quantitative estimate of drug-likeness (QED) is 0.870. The third-order valence-electron chi connectivity index (χ3n) is 5.40. The number of nitrogens with one attached hydrogen (secondary N) is 1. The summed E-state index contributed by atoms with van der Waals surface area (Å²) in [5.74, 6) is 0.786. The van der Waals surface area contributed by atoms with Crippen LogP contribution in [0.3, 0.4) is 0 Å². The Kier molecular flexibility index (Phi) is 5.74. The van der Waals surface area contributed by atoms with Crippen molar-refractivity contribution in [3.63, 3.8) is 0 Å². The van der Waals surface area contributed by atoms with Gasteiger partial charge >= 0.3 is 0 Å². The maximum atomic E-state index is 12.6. The Balaban J connectivity index is 1.57. The number of aliphatic hydroxyl groups is 1. The Morgan fingerprint density at radius 3 is 2.79 bits per heavy atom. The maximum absolute atomic E-state index is 12.6. The second-order valence-corrected chi connectivity index (χ2v) is 6.95. The highest BCUT2D eigenvalue weighted by molar-refractivity contribution is 5.93. The maximum Gasteiger partial charge on any atom is 0.228 e. The van der Waals surface area contributed by atoms with Crippen molar-refractivity contribution in [2.75, 3.05) is 25.5 Å². The summed E-state index contributed by atoms with van der Waals surface area (Å²) in [6.45, 7) is 1.80. The van der Waals surface area contributed by atoms with E-state index in [0.717, 1.165) is 25.2 Å². The molecular formula is C19H28N2O3. The normalized spacial score (nSPS) is 22.5. The van der Waals surface area contributed by atoms with Crippen LogP contribution in [0.5, 0.6) is 5.75 Å². The Labute approximate surface area is 144 Å². The fourth-order valence-corrected chi connectivity index (χ4v) is 4.00. The molecule has 2 N–H and O–H groups in total. The van der Waals surface area contributed by atoms with Crippen molar-refractivity contribution in [2.24, 2.45) is 5.92 Å². The Hall–Kier alpha value is -1.59. The molecular weight excluding hydrogens is 304 g/mol. The standard InChI is InChI=1S/C19H28N2O3/c1-24-18-8-7-16(11-15(18)13-22)20-19(23)14-9-10-21(12-14)17-5-3-2-4-6-17/h7-8,11,14,17,22H,2-6,9-10,12-13H2,1H3,(H,20,23)/t14-/m0/s1. The number of amides is 1. The van der Waals surface area contributed by atoms with E-state index in [-0.39, 0.29) is 18.4 Å². The molecule has 1 amide bonds. The van der Waals surface area contributed by atoms with Crippen LogP contribution in [-0.2, 0) is 11.4 Å². The van der Waals surface area contributed by atoms with E-state index in [1.165, 1.54) is 32.1 Å². The van der Waals surface area contributed by atoms with E-state index in [4.69, 9.17) is 4.74 Å². The molecule has 3 rings (SSSR count). The molecule has 1 aliphatic carbocycles. The van der Waals surface area contributed by atoms with Crippen molar-refractivity contribution in [1.29, 1.82) is 0 Å². The lowest BCUT2D eigenvalue weighted by Crippen LogP contribution is -2.36. The van der Waals surface area contributed by atoms with Gasteiger partial charge in [0.25, 0.3) is 0 Å². The summed E-state index contributed by atoms with van der Waals surface area (Å²) in [6, 6.07) is 6.07. The molecule has 0 aromatic heterocycles. The van der Waals surface area contributed by atoms with Crippen LogP contribution in [0.15, 0.2) is 18.2 Å². The van der Waals surface area contributed by atoms with Gasteiger partial charge in [-0.2, -0.15) is 0 Å². The summed E-state index contributed by atoms with van der Waals surface area (Å²) in [5.41, 5.74) is 1.41. The minimum atomic E-state index is -0.105. The van der Waals surface area contributed by atoms with Crippen LogP contribution in [0.2, 0.25) is 0 Å². The lowest BCUT2D eigenvalue weighted by Gasteiger charge is -2.30. The summed E-state index contributed by atoms with van der Waals surface area (Å²) < 4.78 is 5.20. The topological polar surface area (TPSA) is 61.8 Å². The van der Waals surface area contributed by atoms with E-state index in [1.807, 2.05) is 6.07 Å². The van der Waals surface area contributed by atoms with Crippen molar-refractivity contribution in [3.05, 3.63) is 23.8 Å². The minimum Gasteiger partial charge on any atom is -0.496 e. The number of methoxy groups -OCH3 is 1. The summed E-state index contributed by atoms with van der Waals surface area (Å²) in [7, 11) is 1.57. The van der Waals surface area contributed by atoms with Crippen molar-refractivity contribution < 1.29 is 14.6 Å². The number of aliphatic hydroxyl groups excluding tert-OH is 1. The molecule has 1 saturated carbocycles. The van der Waals surface area contributed by atoms with E-state index in [2.05, 4.69) is 10.2 Å². The average molecular weight is 332 g/mol. The SMILES string of the molecule is COc1ccc(NC(=O)[C@H]2CCN(C3CCCCC3)C2)cc1CO. The first kappa shape index (κ1) is 17.2. The van der Waals surface area contributed by atoms with Crippen molar-refractivity contribution in [1.82, 2.24) is 4.90 Å². The van der Waals surface area contributed by atoms with Crippen LogP contribution in [0.25, 0.3) is 0 Å². The number of carbonyl (C=O) groups is 1. The molecule has 0 bridgehead atoms. The number of likely N-dealkylation sites (tertiary alicyclic amines) is 1. The van der Waals surface area contributed by atoms with Crippen molar-refractivity contribution in [3.8, 4) is 5.75 Å². The highest BCUT2D eigenvalue weighted by atomic mass is 16.5. The Bertz CT molecular complexity index is 570. The molecule has 5 nitrogen and oxygen atoms in total. The van der Waals surface area contributed by atoms with Crippen molar-refractivity contribution in [2.45, 2.75) is 51.2 Å². The van der Waals surface area contributed by atoms with Crippen LogP contribution in [-0.4, -0.2) is 42.2 Å². The monoisotopic (exact) mass is 332 g/mol. The summed E-state index contributed by atoms with van der Waals surface area (Å²) >= 11 is 0. The van der Waals surface area contributed by atoms with Crippen LogP contribution >= 0.6 is 0 Å². The van der Waals surface area contributed by atoms with Gasteiger partial charge in [-0.15, -0.1) is 0 Å². The number of hydrogen-bond acceptors (Lipinski definition) is 4. The number of rotatable bonds is 5. The van der Waals surface area contributed by atoms with Crippen LogP contribution in [0.4, 0.5) is 5.69 Å². The second-order valence-electron chi connectivity index (χ2n) is 6.95. The molecule has 0 unspecified atom stereocenters. The molecule has 1 atom stereocenters. The van der Waals surface area contributed by atoms with Gasteiger partial charge in [0, 0.05) is 23.8 Å². The van der Waals surface area contributed by atoms with E-state index < -0.39 is 0 Å². The molecule has 1 aromatic carbocycles. The highest BCUT2D eigenvalue weighted by Gasteiger charge is 2.32. The van der Waals surface area contributed by atoms with Gasteiger partial charge < -0.3 is 15.2 Å². The predicted molar refractivity (Wildman–Crippen MR) is 94.1 cm³/mol. The zero-order valence-corrected chi connectivity index (χ0v) is 14.5. The van der Waals surface area contributed by atoms with Crippen molar-refractivity contribution >= 4 is 11.6 Å². The summed E-state index contributed by atoms with van der Waals surface area (Å²) in [5, 5.41) is 12.4. The molecule has 1 aromatic rings. The molecule has 0 spiro atoms. The predicted octanol–water partition coefficient (Wildman–Crippen LogP) is 2.78.